The molecule has 40 heavy (non-hydrogen) atoms. The van der Waals surface area contributed by atoms with Gasteiger partial charge in [0.2, 0.25) is 0 Å². The third kappa shape index (κ3) is 12.6. The number of carboxylic acid groups (broad SMARTS) is 2. The molecular weight excluding hydrogens is 540 g/mol. The van der Waals surface area contributed by atoms with Gasteiger partial charge in [0.1, 0.15) is 5.75 Å². The number of likely N-dealkylation sites (tertiary alicyclic amines) is 1. The van der Waals surface area contributed by atoms with Crippen LogP contribution >= 0.6 is 11.8 Å². The van der Waals surface area contributed by atoms with E-state index < -0.39 is 23.6 Å². The molecule has 2 N–H and O–H groups in total. The van der Waals surface area contributed by atoms with Gasteiger partial charge in [0.15, 0.2) is 16.8 Å². The van der Waals surface area contributed by atoms with E-state index in [0.29, 0.717) is 30.6 Å². The molecule has 0 spiro atoms. The van der Waals surface area contributed by atoms with Crippen molar-refractivity contribution < 1.29 is 33.3 Å². The molecule has 11 heteroatoms. The third-order valence-electron chi connectivity index (χ3n) is 6.06. The highest BCUT2D eigenvalue weighted by molar-refractivity contribution is 8.13. The Labute approximate surface area is 238 Å². The molecule has 8 nitrogen and oxygen atoms in total. The summed E-state index contributed by atoms with van der Waals surface area (Å²) in [5.41, 5.74) is 0.998. The van der Waals surface area contributed by atoms with Gasteiger partial charge in [-0.2, -0.15) is 0 Å². The Morgan fingerprint density at radius 1 is 1.05 bits per heavy atom. The highest BCUT2D eigenvalue weighted by Gasteiger charge is 2.24. The second-order valence-corrected chi connectivity index (χ2v) is 10.2. The van der Waals surface area contributed by atoms with Crippen LogP contribution in [0, 0.1) is 11.6 Å². The number of amidine groups is 1. The first-order valence-electron chi connectivity index (χ1n) is 13.1. The SMILES string of the molecule is CCSC(=Nc1ccccc1)N(C)C1CCN(CCCCOc2ccc(F)c(F)c2)CC1.O=C(O)C=CC(=O)O. The van der Waals surface area contributed by atoms with E-state index in [1.165, 1.54) is 6.07 Å². The van der Waals surface area contributed by atoms with Gasteiger partial charge in [-0.1, -0.05) is 36.9 Å². The van der Waals surface area contributed by atoms with Gasteiger partial charge in [-0.3, -0.25) is 0 Å². The van der Waals surface area contributed by atoms with Crippen LogP contribution in [0.5, 0.6) is 5.75 Å². The molecule has 0 aromatic heterocycles. The Morgan fingerprint density at radius 2 is 1.70 bits per heavy atom. The quantitative estimate of drug-likeness (QED) is 0.152. The Morgan fingerprint density at radius 3 is 2.27 bits per heavy atom. The molecule has 0 unspecified atom stereocenters. The number of aliphatic carboxylic acids is 2. The number of piperidine rings is 1. The number of unbranched alkanes of at least 4 members (excludes halogenated alkanes) is 1. The molecular formula is C29H37F2N3O5S. The average Bonchev–Trinajstić information content (AvgIpc) is 2.94. The first-order chi connectivity index (χ1) is 19.2. The normalized spacial score (nSPS) is 14.4. The van der Waals surface area contributed by atoms with Crippen LogP contribution in [0.15, 0.2) is 65.7 Å². The molecule has 1 aliphatic heterocycles. The number of carbonyl (C=O) groups is 2. The lowest BCUT2D eigenvalue weighted by molar-refractivity contribution is -0.134. The molecule has 1 fully saturated rings. The number of para-hydroxylation sites is 1. The van der Waals surface area contributed by atoms with Gasteiger partial charge >= 0.3 is 11.9 Å². The van der Waals surface area contributed by atoms with Crippen LogP contribution in [0.25, 0.3) is 0 Å². The van der Waals surface area contributed by atoms with Crippen molar-refractivity contribution in [3.05, 3.63) is 72.3 Å². The van der Waals surface area contributed by atoms with E-state index in [-0.39, 0.29) is 0 Å². The summed E-state index contributed by atoms with van der Waals surface area (Å²) in [4.78, 5) is 28.8. The smallest absolute Gasteiger partial charge is 0.328 e. The van der Waals surface area contributed by atoms with Crippen molar-refractivity contribution in [1.82, 2.24) is 9.80 Å². The summed E-state index contributed by atoms with van der Waals surface area (Å²) < 4.78 is 31.7. The molecule has 1 aliphatic rings. The van der Waals surface area contributed by atoms with Crippen LogP contribution < -0.4 is 4.74 Å². The van der Waals surface area contributed by atoms with E-state index in [4.69, 9.17) is 19.9 Å². The molecule has 0 amide bonds. The maximum Gasteiger partial charge on any atom is 0.328 e. The van der Waals surface area contributed by atoms with Crippen molar-refractivity contribution >= 4 is 34.6 Å². The van der Waals surface area contributed by atoms with E-state index in [2.05, 4.69) is 23.8 Å². The summed E-state index contributed by atoms with van der Waals surface area (Å²) in [5, 5.41) is 16.7. The topological polar surface area (TPSA) is 103 Å². The van der Waals surface area contributed by atoms with E-state index in [1.54, 1.807) is 11.8 Å². The molecule has 2 aromatic carbocycles. The summed E-state index contributed by atoms with van der Waals surface area (Å²) in [6, 6.07) is 14.3. The number of rotatable bonds is 11. The largest absolute Gasteiger partial charge is 0.493 e. The standard InChI is InChI=1S/C25H33F2N3OS.C4H4O4/c1-3-32-25(28-20-9-5-4-6-10-20)29(2)21-13-16-30(17-14-21)15-7-8-18-31-22-11-12-23(26)24(27)19-22;5-3(6)1-2-4(7)8/h4-6,9-12,19,21H,3,7-8,13-18H2,1-2H3;1-2H,(H,5,6)(H,7,8). The molecule has 0 atom stereocenters. The Balaban J connectivity index is 0.000000611. The van der Waals surface area contributed by atoms with E-state index >= 15 is 0 Å². The summed E-state index contributed by atoms with van der Waals surface area (Å²) in [5.74, 6) is -2.85. The minimum atomic E-state index is -1.26. The Bertz CT molecular complexity index is 1110. The lowest BCUT2D eigenvalue weighted by atomic mass is 10.0. The summed E-state index contributed by atoms with van der Waals surface area (Å²) in [7, 11) is 2.17. The minimum Gasteiger partial charge on any atom is -0.493 e. The Hall–Kier alpha value is -3.44. The molecule has 0 bridgehead atoms. The van der Waals surface area contributed by atoms with Gasteiger partial charge in [-0.05, 0) is 62.2 Å². The van der Waals surface area contributed by atoms with Crippen molar-refractivity contribution in [1.29, 1.82) is 0 Å². The number of ether oxygens (including phenoxy) is 1. The van der Waals surface area contributed by atoms with Crippen molar-refractivity contribution in [2.24, 2.45) is 4.99 Å². The molecule has 1 saturated heterocycles. The molecule has 3 rings (SSSR count). The second kappa shape index (κ2) is 18.0. The molecule has 218 valence electrons. The first kappa shape index (κ1) is 32.8. The second-order valence-electron chi connectivity index (χ2n) is 8.99. The van der Waals surface area contributed by atoms with Gasteiger partial charge in [-0.25, -0.2) is 23.4 Å². The number of carboxylic acids is 2. The molecule has 0 aliphatic carbocycles. The van der Waals surface area contributed by atoms with Gasteiger partial charge in [0.25, 0.3) is 0 Å². The monoisotopic (exact) mass is 577 g/mol. The lowest BCUT2D eigenvalue weighted by Gasteiger charge is -2.38. The van der Waals surface area contributed by atoms with Crippen LogP contribution in [0.2, 0.25) is 0 Å². The fourth-order valence-corrected chi connectivity index (χ4v) is 4.76. The van der Waals surface area contributed by atoms with Gasteiger partial charge in [0.05, 0.1) is 12.3 Å². The van der Waals surface area contributed by atoms with Gasteiger partial charge in [0, 0.05) is 44.4 Å². The van der Waals surface area contributed by atoms with Crippen molar-refractivity contribution in [2.45, 2.75) is 38.6 Å². The van der Waals surface area contributed by atoms with Crippen LogP contribution in [0.1, 0.15) is 32.6 Å². The number of benzene rings is 2. The number of aliphatic imine (C=N–C) groups is 1. The van der Waals surface area contributed by atoms with E-state index in [0.717, 1.165) is 74.1 Å². The van der Waals surface area contributed by atoms with Crippen molar-refractivity contribution in [3.8, 4) is 5.75 Å². The van der Waals surface area contributed by atoms with Crippen molar-refractivity contribution in [2.75, 3.05) is 39.0 Å². The average molecular weight is 578 g/mol. The molecule has 2 aromatic rings. The maximum absolute atomic E-state index is 13.2. The Kier molecular flexibility index (Phi) is 14.8. The van der Waals surface area contributed by atoms with Crippen LogP contribution in [0.3, 0.4) is 0 Å². The maximum atomic E-state index is 13.2. The number of thioether (sulfide) groups is 1. The zero-order valence-corrected chi connectivity index (χ0v) is 23.7. The first-order valence-corrected chi connectivity index (χ1v) is 14.1. The van der Waals surface area contributed by atoms with Crippen molar-refractivity contribution in [3.63, 3.8) is 0 Å². The minimum absolute atomic E-state index is 0.380. The van der Waals surface area contributed by atoms with E-state index in [1.807, 2.05) is 30.3 Å². The lowest BCUT2D eigenvalue weighted by Crippen LogP contribution is -2.45. The summed E-state index contributed by atoms with van der Waals surface area (Å²) in [6.07, 6.45) is 5.28. The fraction of sp³-hybridized carbons (Fsp3) is 0.414. The van der Waals surface area contributed by atoms with Gasteiger partial charge in [-0.15, -0.1) is 0 Å². The molecule has 0 radical (unpaired) electrons. The third-order valence-corrected chi connectivity index (χ3v) is 6.98. The van der Waals surface area contributed by atoms with Gasteiger partial charge < -0.3 is 24.7 Å². The predicted molar refractivity (Wildman–Crippen MR) is 154 cm³/mol. The van der Waals surface area contributed by atoms with Crippen LogP contribution in [-0.2, 0) is 9.59 Å². The number of hydrogen-bond donors (Lipinski definition) is 2. The zero-order chi connectivity index (χ0) is 29.3. The molecule has 0 saturated carbocycles. The zero-order valence-electron chi connectivity index (χ0n) is 22.8. The molecule has 1 heterocycles. The van der Waals surface area contributed by atoms with Crippen LogP contribution in [0.4, 0.5) is 14.5 Å². The van der Waals surface area contributed by atoms with Crippen LogP contribution in [-0.4, -0.2) is 82.2 Å². The highest BCUT2D eigenvalue weighted by Crippen LogP contribution is 2.23. The highest BCUT2D eigenvalue weighted by atomic mass is 32.2. The fourth-order valence-electron chi connectivity index (χ4n) is 3.98. The summed E-state index contributed by atoms with van der Waals surface area (Å²) >= 11 is 1.80. The summed E-state index contributed by atoms with van der Waals surface area (Å²) in [6.45, 7) is 5.87. The number of nitrogens with zero attached hydrogens (tertiary/aromatic N) is 3. The number of hydrogen-bond acceptors (Lipinski definition) is 6. The predicted octanol–water partition coefficient (Wildman–Crippen LogP) is 5.67. The number of halogens is 2. The van der Waals surface area contributed by atoms with E-state index in [9.17, 15) is 18.4 Å².